The van der Waals surface area contributed by atoms with E-state index in [9.17, 15) is 20.4 Å². The summed E-state index contributed by atoms with van der Waals surface area (Å²) in [5, 5.41) is 64.5. The first-order chi connectivity index (χ1) is 16.0. The first kappa shape index (κ1) is 33.7. The van der Waals surface area contributed by atoms with Crippen molar-refractivity contribution in [2.24, 2.45) is 0 Å². The topological polar surface area (TPSA) is 169 Å². The Labute approximate surface area is 209 Å². The SMILES string of the molecule is OCCC(CO)OCC(CO)OCC(CO)OCC(CO)SCCSCCSCC(O)CO. The smallest absolute Gasteiger partial charge is 0.104 e. The normalized spacial score (nSPS) is 16.5. The summed E-state index contributed by atoms with van der Waals surface area (Å²) in [5.74, 6) is 4.14. The Morgan fingerprint density at radius 2 is 1.12 bits per heavy atom. The van der Waals surface area contributed by atoms with Crippen molar-refractivity contribution in [1.29, 1.82) is 0 Å². The van der Waals surface area contributed by atoms with Crippen molar-refractivity contribution >= 4 is 35.3 Å². The second-order valence-corrected chi connectivity index (χ2v) is 10.9. The van der Waals surface area contributed by atoms with Gasteiger partial charge in [-0.15, -0.1) is 0 Å². The molecular weight excluding hydrogens is 496 g/mol. The summed E-state index contributed by atoms with van der Waals surface area (Å²) in [5.41, 5.74) is 0. The molecule has 5 unspecified atom stereocenters. The minimum Gasteiger partial charge on any atom is -0.396 e. The zero-order valence-electron chi connectivity index (χ0n) is 19.1. The Balaban J connectivity index is 4.00. The fourth-order valence-corrected chi connectivity index (χ4v) is 5.49. The van der Waals surface area contributed by atoms with Gasteiger partial charge in [0.1, 0.15) is 12.2 Å². The highest BCUT2D eigenvalue weighted by Crippen LogP contribution is 2.16. The van der Waals surface area contributed by atoms with Gasteiger partial charge in [0.15, 0.2) is 0 Å². The van der Waals surface area contributed by atoms with E-state index in [0.29, 0.717) is 5.75 Å². The monoisotopic (exact) mass is 538 g/mol. The first-order valence-electron chi connectivity index (χ1n) is 11.0. The van der Waals surface area contributed by atoms with Gasteiger partial charge in [0.2, 0.25) is 0 Å². The summed E-state index contributed by atoms with van der Waals surface area (Å²) in [6.07, 6.45) is -2.17. The van der Waals surface area contributed by atoms with E-state index < -0.39 is 24.4 Å². The van der Waals surface area contributed by atoms with E-state index in [0.717, 1.165) is 23.0 Å². The van der Waals surface area contributed by atoms with Crippen molar-refractivity contribution in [3.8, 4) is 0 Å². The molecule has 0 aromatic rings. The minimum atomic E-state index is -0.660. The number of thioether (sulfide) groups is 3. The van der Waals surface area contributed by atoms with Crippen LogP contribution in [0.25, 0.3) is 0 Å². The summed E-state index contributed by atoms with van der Waals surface area (Å²) in [6.45, 7) is -0.877. The molecule has 0 radical (unpaired) electrons. The largest absolute Gasteiger partial charge is 0.396 e. The average Bonchev–Trinajstić information content (AvgIpc) is 2.84. The van der Waals surface area contributed by atoms with Gasteiger partial charge < -0.3 is 50.0 Å². The van der Waals surface area contributed by atoms with E-state index in [2.05, 4.69) is 0 Å². The fourth-order valence-electron chi connectivity index (χ4n) is 2.33. The van der Waals surface area contributed by atoms with Gasteiger partial charge in [0.05, 0.1) is 70.3 Å². The zero-order valence-corrected chi connectivity index (χ0v) is 21.5. The number of hydrogen-bond donors (Lipinski definition) is 7. The lowest BCUT2D eigenvalue weighted by molar-refractivity contribution is -0.110. The third-order valence-corrected chi connectivity index (χ3v) is 8.11. The van der Waals surface area contributed by atoms with Crippen LogP contribution in [0.4, 0.5) is 0 Å². The van der Waals surface area contributed by atoms with Gasteiger partial charge in [0, 0.05) is 35.4 Å². The molecule has 0 aromatic heterocycles. The molecule has 0 heterocycles. The lowest BCUT2D eigenvalue weighted by atomic mass is 10.3. The number of ether oxygens (including phenoxy) is 3. The second kappa shape index (κ2) is 24.3. The van der Waals surface area contributed by atoms with Gasteiger partial charge in [-0.2, -0.15) is 35.3 Å². The van der Waals surface area contributed by atoms with E-state index in [4.69, 9.17) is 29.5 Å². The van der Waals surface area contributed by atoms with Gasteiger partial charge in [-0.05, 0) is 6.42 Å². The highest BCUT2D eigenvalue weighted by Gasteiger charge is 2.18. The van der Waals surface area contributed by atoms with Crippen LogP contribution in [0.5, 0.6) is 0 Å². The maximum absolute atomic E-state index is 9.57. The van der Waals surface area contributed by atoms with Crippen LogP contribution in [0.2, 0.25) is 0 Å². The van der Waals surface area contributed by atoms with Crippen LogP contribution >= 0.6 is 35.3 Å². The van der Waals surface area contributed by atoms with E-state index >= 15 is 0 Å². The van der Waals surface area contributed by atoms with E-state index in [1.165, 1.54) is 0 Å². The first-order valence-corrected chi connectivity index (χ1v) is 14.3. The summed E-state index contributed by atoms with van der Waals surface area (Å²) in [4.78, 5) is 0. The van der Waals surface area contributed by atoms with Crippen LogP contribution in [0.15, 0.2) is 0 Å². The number of aliphatic hydroxyl groups excluding tert-OH is 7. The third kappa shape index (κ3) is 19.5. The number of aliphatic hydroxyl groups is 7. The van der Waals surface area contributed by atoms with Crippen LogP contribution in [0.1, 0.15) is 6.42 Å². The van der Waals surface area contributed by atoms with Crippen LogP contribution in [0.3, 0.4) is 0 Å². The van der Waals surface area contributed by atoms with Crippen molar-refractivity contribution in [3.05, 3.63) is 0 Å². The van der Waals surface area contributed by atoms with E-state index in [1.807, 2.05) is 0 Å². The molecule has 0 spiro atoms. The van der Waals surface area contributed by atoms with Crippen LogP contribution < -0.4 is 0 Å². The fraction of sp³-hybridized carbons (Fsp3) is 1.00. The molecular formula is C20H42O10S3. The van der Waals surface area contributed by atoms with Crippen LogP contribution in [0, 0.1) is 0 Å². The highest BCUT2D eigenvalue weighted by molar-refractivity contribution is 8.04. The predicted octanol–water partition coefficient (Wildman–Crippen LogP) is -1.58. The van der Waals surface area contributed by atoms with Gasteiger partial charge in [0.25, 0.3) is 0 Å². The molecule has 0 rings (SSSR count). The van der Waals surface area contributed by atoms with Crippen molar-refractivity contribution < 1.29 is 50.0 Å². The number of hydrogen-bond acceptors (Lipinski definition) is 13. The Morgan fingerprint density at radius 3 is 1.67 bits per heavy atom. The molecule has 0 aromatic carbocycles. The molecule has 0 aliphatic rings. The number of rotatable bonds is 25. The minimum absolute atomic E-state index is 0.0349. The van der Waals surface area contributed by atoms with E-state index in [1.54, 1.807) is 35.3 Å². The lowest BCUT2D eigenvalue weighted by Crippen LogP contribution is -2.34. The third-order valence-electron chi connectivity index (χ3n) is 4.29. The molecule has 13 heteroatoms. The lowest BCUT2D eigenvalue weighted by Gasteiger charge is -2.23. The Bertz CT molecular complexity index is 414. The van der Waals surface area contributed by atoms with Crippen molar-refractivity contribution in [2.45, 2.75) is 36.1 Å². The Hall–Kier alpha value is 0.650. The average molecular weight is 539 g/mol. The highest BCUT2D eigenvalue weighted by atomic mass is 32.2. The molecule has 10 nitrogen and oxygen atoms in total. The summed E-state index contributed by atoms with van der Waals surface area (Å²) in [6, 6.07) is 0. The summed E-state index contributed by atoms with van der Waals surface area (Å²) in [7, 11) is 0. The van der Waals surface area contributed by atoms with Crippen LogP contribution in [-0.2, 0) is 14.2 Å². The van der Waals surface area contributed by atoms with Crippen molar-refractivity contribution in [3.63, 3.8) is 0 Å². The molecule has 7 N–H and O–H groups in total. The maximum Gasteiger partial charge on any atom is 0.104 e. The van der Waals surface area contributed by atoms with Crippen LogP contribution in [-0.4, -0.2) is 154 Å². The Morgan fingerprint density at radius 1 is 0.576 bits per heavy atom. The van der Waals surface area contributed by atoms with Gasteiger partial charge in [-0.25, -0.2) is 0 Å². The molecule has 0 saturated carbocycles. The second-order valence-electron chi connectivity index (χ2n) is 7.13. The molecule has 0 saturated heterocycles. The molecule has 0 aliphatic heterocycles. The van der Waals surface area contributed by atoms with Gasteiger partial charge >= 0.3 is 0 Å². The quantitative estimate of drug-likeness (QED) is 0.0665. The standard InChI is InChI=1S/C20H42O10S3/c21-2-1-17(8-23)28-12-18(9-24)29-13-19(10-25)30-14-20(11-26)33-6-5-31-3-4-32-15-16(27)7-22/h16-27H,1-15H2. The predicted molar refractivity (Wildman–Crippen MR) is 133 cm³/mol. The molecule has 0 fully saturated rings. The molecule has 0 bridgehead atoms. The Kier molecular flexibility index (Phi) is 24.8. The summed E-state index contributed by atoms with van der Waals surface area (Å²) < 4.78 is 16.6. The molecule has 0 amide bonds. The molecule has 200 valence electrons. The van der Waals surface area contributed by atoms with E-state index in [-0.39, 0.29) is 71.1 Å². The van der Waals surface area contributed by atoms with Crippen molar-refractivity contribution in [1.82, 2.24) is 0 Å². The summed E-state index contributed by atoms with van der Waals surface area (Å²) >= 11 is 4.98. The molecule has 0 aliphatic carbocycles. The zero-order chi connectivity index (χ0) is 24.7. The van der Waals surface area contributed by atoms with Gasteiger partial charge in [-0.3, -0.25) is 0 Å². The van der Waals surface area contributed by atoms with Gasteiger partial charge in [-0.1, -0.05) is 0 Å². The van der Waals surface area contributed by atoms with Crippen molar-refractivity contribution in [2.75, 3.05) is 88.2 Å². The maximum atomic E-state index is 9.57. The molecule has 33 heavy (non-hydrogen) atoms. The molecule has 5 atom stereocenters.